The summed E-state index contributed by atoms with van der Waals surface area (Å²) in [6.07, 6.45) is -0.703. The van der Waals surface area contributed by atoms with Crippen LogP contribution in [0.1, 0.15) is 24.0 Å². The first kappa shape index (κ1) is 20.4. The number of benzene rings is 2. The number of hydrogen-bond donors (Lipinski definition) is 1. The van der Waals surface area contributed by atoms with Gasteiger partial charge in [0.1, 0.15) is 13.2 Å². The summed E-state index contributed by atoms with van der Waals surface area (Å²) in [5.74, 6) is -1.39. The predicted molar refractivity (Wildman–Crippen MR) is 108 cm³/mol. The maximum Gasteiger partial charge on any atom is 0.410 e. The number of carboxylic acid groups (broad SMARTS) is 1. The van der Waals surface area contributed by atoms with E-state index in [1.807, 2.05) is 48.5 Å². The van der Waals surface area contributed by atoms with Crippen LogP contribution in [0.2, 0.25) is 0 Å². The summed E-state index contributed by atoms with van der Waals surface area (Å²) in [7, 11) is 1.60. The normalized spacial score (nSPS) is 12.1. The van der Waals surface area contributed by atoms with E-state index in [1.165, 1.54) is 11.8 Å². The first-order valence-corrected chi connectivity index (χ1v) is 9.42. The van der Waals surface area contributed by atoms with Crippen LogP contribution in [-0.4, -0.2) is 66.2 Å². The molecule has 2 amide bonds. The molecular weight excluding hydrogens is 372 g/mol. The van der Waals surface area contributed by atoms with Gasteiger partial charge in [-0.15, -0.1) is 0 Å². The average Bonchev–Trinajstić information content (AvgIpc) is 3.02. The van der Waals surface area contributed by atoms with Gasteiger partial charge in [0, 0.05) is 33.0 Å². The van der Waals surface area contributed by atoms with E-state index in [2.05, 4.69) is 0 Å². The molecule has 0 saturated carbocycles. The van der Waals surface area contributed by atoms with E-state index in [4.69, 9.17) is 9.84 Å². The van der Waals surface area contributed by atoms with Crippen LogP contribution in [0.5, 0.6) is 0 Å². The van der Waals surface area contributed by atoms with Gasteiger partial charge in [-0.05, 0) is 22.3 Å². The van der Waals surface area contributed by atoms with Crippen molar-refractivity contribution >= 4 is 18.0 Å². The molecule has 1 aliphatic carbocycles. The molecule has 29 heavy (non-hydrogen) atoms. The molecule has 0 atom stereocenters. The third-order valence-electron chi connectivity index (χ3n) is 5.16. The molecule has 0 saturated heterocycles. The molecule has 0 spiro atoms. The molecule has 3 rings (SSSR count). The summed E-state index contributed by atoms with van der Waals surface area (Å²) in [5.41, 5.74) is 4.41. The third-order valence-corrected chi connectivity index (χ3v) is 5.16. The summed E-state index contributed by atoms with van der Waals surface area (Å²) in [4.78, 5) is 37.6. The van der Waals surface area contributed by atoms with Gasteiger partial charge in [0.25, 0.3) is 0 Å². The highest BCUT2D eigenvalue weighted by Gasteiger charge is 2.30. The molecule has 0 aromatic heterocycles. The molecular formula is C22H24N2O5. The Bertz CT molecular complexity index is 881. The molecule has 0 unspecified atom stereocenters. The zero-order chi connectivity index (χ0) is 21.0. The lowest BCUT2D eigenvalue weighted by Crippen LogP contribution is -2.42. The Morgan fingerprint density at radius 3 is 2.03 bits per heavy atom. The molecule has 0 radical (unpaired) electrons. The minimum atomic E-state index is -1.14. The Balaban J connectivity index is 1.71. The number of rotatable bonds is 7. The molecule has 1 N–H and O–H groups in total. The van der Waals surface area contributed by atoms with Crippen LogP contribution in [0, 0.1) is 0 Å². The van der Waals surface area contributed by atoms with E-state index in [0.29, 0.717) is 0 Å². The van der Waals surface area contributed by atoms with Crippen molar-refractivity contribution in [2.24, 2.45) is 0 Å². The lowest BCUT2D eigenvalue weighted by atomic mass is 9.98. The van der Waals surface area contributed by atoms with Gasteiger partial charge >= 0.3 is 12.1 Å². The van der Waals surface area contributed by atoms with E-state index in [9.17, 15) is 14.4 Å². The van der Waals surface area contributed by atoms with Gasteiger partial charge in [-0.3, -0.25) is 14.5 Å². The summed E-state index contributed by atoms with van der Waals surface area (Å²) >= 11 is 0. The molecule has 2 aromatic rings. The largest absolute Gasteiger partial charge is 0.480 e. The van der Waals surface area contributed by atoms with Crippen molar-refractivity contribution in [3.8, 4) is 11.1 Å². The Morgan fingerprint density at radius 1 is 0.966 bits per heavy atom. The number of hydrogen-bond acceptors (Lipinski definition) is 4. The molecule has 0 aliphatic heterocycles. The van der Waals surface area contributed by atoms with Gasteiger partial charge in [-0.2, -0.15) is 0 Å². The Morgan fingerprint density at radius 2 is 1.52 bits per heavy atom. The summed E-state index contributed by atoms with van der Waals surface area (Å²) in [5, 5.41) is 9.12. The minimum Gasteiger partial charge on any atom is -0.480 e. The fraction of sp³-hybridized carbons (Fsp3) is 0.318. The second-order valence-corrected chi connectivity index (χ2v) is 7.06. The molecule has 7 nitrogen and oxygen atoms in total. The van der Waals surface area contributed by atoms with Crippen molar-refractivity contribution in [1.29, 1.82) is 0 Å². The van der Waals surface area contributed by atoms with Gasteiger partial charge in [-0.25, -0.2) is 4.79 Å². The van der Waals surface area contributed by atoms with Crippen molar-refractivity contribution in [1.82, 2.24) is 9.80 Å². The number of likely N-dealkylation sites (N-methyl/N-ethyl adjacent to an activating group) is 1. The van der Waals surface area contributed by atoms with Crippen molar-refractivity contribution < 1.29 is 24.2 Å². The fourth-order valence-corrected chi connectivity index (χ4v) is 3.51. The maximum absolute atomic E-state index is 12.6. The zero-order valence-electron chi connectivity index (χ0n) is 16.5. The number of carbonyl (C=O) groups is 3. The van der Waals surface area contributed by atoms with Crippen LogP contribution in [0.15, 0.2) is 48.5 Å². The summed E-state index contributed by atoms with van der Waals surface area (Å²) in [6, 6.07) is 16.0. The lowest BCUT2D eigenvalue weighted by Gasteiger charge is -2.24. The van der Waals surface area contributed by atoms with E-state index in [0.717, 1.165) is 27.2 Å². The van der Waals surface area contributed by atoms with E-state index in [-0.39, 0.29) is 31.5 Å². The highest BCUT2D eigenvalue weighted by Crippen LogP contribution is 2.44. The molecule has 7 heteroatoms. The number of ether oxygens (including phenoxy) is 1. The number of fused-ring (bicyclic) bond motifs is 3. The number of amides is 2. The van der Waals surface area contributed by atoms with Crippen LogP contribution in [0.3, 0.4) is 0 Å². The summed E-state index contributed by atoms with van der Waals surface area (Å²) in [6.45, 7) is 1.36. The first-order chi connectivity index (χ1) is 13.9. The Hall–Kier alpha value is -3.35. The van der Waals surface area contributed by atoms with Gasteiger partial charge in [0.05, 0.1) is 0 Å². The Labute approximate surface area is 169 Å². The maximum atomic E-state index is 12.6. The van der Waals surface area contributed by atoms with Crippen LogP contribution >= 0.6 is 0 Å². The average molecular weight is 396 g/mol. The van der Waals surface area contributed by atoms with Crippen molar-refractivity contribution in [3.63, 3.8) is 0 Å². The monoisotopic (exact) mass is 396 g/mol. The smallest absolute Gasteiger partial charge is 0.410 e. The fourth-order valence-electron chi connectivity index (χ4n) is 3.51. The van der Waals surface area contributed by atoms with E-state index < -0.39 is 18.6 Å². The second kappa shape index (κ2) is 8.77. The molecule has 0 fully saturated rings. The topological polar surface area (TPSA) is 87.2 Å². The SMILES string of the molecule is CC(=O)N(C)CCN(CC(=O)O)C(=O)OCC1c2ccccc2-c2ccccc21. The van der Waals surface area contributed by atoms with Gasteiger partial charge in [-0.1, -0.05) is 48.5 Å². The molecule has 1 aliphatic rings. The van der Waals surface area contributed by atoms with Crippen LogP contribution in [-0.2, 0) is 14.3 Å². The minimum absolute atomic E-state index is 0.0824. The molecule has 0 bridgehead atoms. The number of nitrogens with zero attached hydrogens (tertiary/aromatic N) is 2. The molecule has 0 heterocycles. The molecule has 2 aromatic carbocycles. The van der Waals surface area contributed by atoms with Gasteiger partial charge < -0.3 is 14.7 Å². The Kier molecular flexibility index (Phi) is 6.16. The molecule has 152 valence electrons. The highest BCUT2D eigenvalue weighted by atomic mass is 16.6. The number of aliphatic carboxylic acids is 1. The van der Waals surface area contributed by atoms with Gasteiger partial charge in [0.15, 0.2) is 0 Å². The van der Waals surface area contributed by atoms with Crippen molar-refractivity contribution in [3.05, 3.63) is 59.7 Å². The first-order valence-electron chi connectivity index (χ1n) is 9.42. The van der Waals surface area contributed by atoms with E-state index >= 15 is 0 Å². The highest BCUT2D eigenvalue weighted by molar-refractivity contribution is 5.80. The third kappa shape index (κ3) is 4.56. The lowest BCUT2D eigenvalue weighted by molar-refractivity contribution is -0.138. The number of carboxylic acids is 1. The van der Waals surface area contributed by atoms with E-state index in [1.54, 1.807) is 7.05 Å². The number of carbonyl (C=O) groups excluding carboxylic acids is 2. The quantitative estimate of drug-likeness (QED) is 0.778. The summed E-state index contributed by atoms with van der Waals surface area (Å²) < 4.78 is 5.52. The van der Waals surface area contributed by atoms with Crippen LogP contribution < -0.4 is 0 Å². The van der Waals surface area contributed by atoms with Gasteiger partial charge in [0.2, 0.25) is 5.91 Å². The van der Waals surface area contributed by atoms with Crippen molar-refractivity contribution in [2.45, 2.75) is 12.8 Å². The standard InChI is InChI=1S/C22H24N2O5/c1-15(25)23(2)11-12-24(13-21(26)27)22(28)29-14-20-18-9-5-3-7-16(18)17-8-4-6-10-19(17)20/h3-10,20H,11-14H2,1-2H3,(H,26,27). The second-order valence-electron chi connectivity index (χ2n) is 7.06. The zero-order valence-corrected chi connectivity index (χ0v) is 16.5. The van der Waals surface area contributed by atoms with Crippen LogP contribution in [0.25, 0.3) is 11.1 Å². The van der Waals surface area contributed by atoms with Crippen molar-refractivity contribution in [2.75, 3.05) is 33.3 Å². The predicted octanol–water partition coefficient (Wildman–Crippen LogP) is 2.80. The van der Waals surface area contributed by atoms with Crippen LogP contribution in [0.4, 0.5) is 4.79 Å².